The quantitative estimate of drug-likeness (QED) is 0.228. The highest BCUT2D eigenvalue weighted by molar-refractivity contribution is 7.59. The van der Waals surface area contributed by atoms with E-state index in [4.69, 9.17) is 19.9 Å². The zero-order valence-electron chi connectivity index (χ0n) is 24.5. The molecule has 3 unspecified atom stereocenters. The van der Waals surface area contributed by atoms with Crippen molar-refractivity contribution in [1.29, 1.82) is 0 Å². The predicted octanol–water partition coefficient (Wildman–Crippen LogP) is 3.67. The molecular weight excluding hydrogens is 549 g/mol. The smallest absolute Gasteiger partial charge is 0.326 e. The molecule has 0 saturated heterocycles. The van der Waals surface area contributed by atoms with Crippen molar-refractivity contribution in [1.82, 2.24) is 29.7 Å². The molecule has 0 radical (unpaired) electrons. The second-order valence-corrected chi connectivity index (χ2v) is 14.0. The van der Waals surface area contributed by atoms with Crippen LogP contribution in [0, 0.1) is 0 Å². The molecule has 2 fully saturated rings. The first kappa shape index (κ1) is 31.3. The van der Waals surface area contributed by atoms with Gasteiger partial charge in [0.25, 0.3) is 0 Å². The Morgan fingerprint density at radius 3 is 2.37 bits per heavy atom. The number of hydrogen-bond donors (Lipinski definition) is 3. The number of carbonyl (C=O) groups excluding carboxylic acids is 2. The summed E-state index contributed by atoms with van der Waals surface area (Å²) in [5.41, 5.74) is 5.63. The van der Waals surface area contributed by atoms with E-state index in [1.54, 1.807) is 31.7 Å². The summed E-state index contributed by atoms with van der Waals surface area (Å²) in [7, 11) is -3.70. The van der Waals surface area contributed by atoms with Crippen molar-refractivity contribution in [3.63, 3.8) is 0 Å². The van der Waals surface area contributed by atoms with E-state index >= 15 is 0 Å². The van der Waals surface area contributed by atoms with E-state index in [1.807, 2.05) is 6.92 Å². The molecule has 0 aromatic carbocycles. The number of anilines is 1. The minimum absolute atomic E-state index is 0.125. The summed E-state index contributed by atoms with van der Waals surface area (Å²) in [5, 5.41) is 5.88. The summed E-state index contributed by atoms with van der Waals surface area (Å²) >= 11 is 0. The van der Waals surface area contributed by atoms with Crippen LogP contribution in [0.1, 0.15) is 85.5 Å². The molecule has 228 valence electrons. The number of imidazole rings is 1. The number of nitrogens with zero attached hydrogens (tertiary/aromatic N) is 4. The molecule has 4 N–H and O–H groups in total. The zero-order valence-corrected chi connectivity index (χ0v) is 25.4. The summed E-state index contributed by atoms with van der Waals surface area (Å²) < 4.78 is 33.5. The molecule has 0 spiro atoms. The monoisotopic (exact) mass is 593 g/mol. The van der Waals surface area contributed by atoms with E-state index < -0.39 is 37.1 Å². The van der Waals surface area contributed by atoms with Gasteiger partial charge in [0, 0.05) is 0 Å². The lowest BCUT2D eigenvalue weighted by molar-refractivity contribution is -0.156. The van der Waals surface area contributed by atoms with Crippen molar-refractivity contribution < 1.29 is 28.4 Å². The number of nitrogens with one attached hydrogen (secondary N) is 2. The van der Waals surface area contributed by atoms with Gasteiger partial charge in [-0.1, -0.05) is 6.42 Å². The van der Waals surface area contributed by atoms with Crippen LogP contribution in [0.5, 0.6) is 0 Å². The Hall–Kier alpha value is -2.60. The predicted molar refractivity (Wildman–Crippen MR) is 154 cm³/mol. The molecule has 2 aliphatic carbocycles. The summed E-state index contributed by atoms with van der Waals surface area (Å²) in [6.07, 6.45) is 10.5. The van der Waals surface area contributed by atoms with Crippen LogP contribution in [-0.2, 0) is 34.9 Å². The van der Waals surface area contributed by atoms with Crippen LogP contribution >= 0.6 is 7.44 Å². The molecule has 2 heterocycles. The van der Waals surface area contributed by atoms with E-state index in [0.717, 1.165) is 57.8 Å². The van der Waals surface area contributed by atoms with Crippen LogP contribution in [0.15, 0.2) is 12.7 Å². The highest BCUT2D eigenvalue weighted by Crippen LogP contribution is 2.41. The Morgan fingerprint density at radius 1 is 1.05 bits per heavy atom. The number of carbonyl (C=O) groups is 2. The molecule has 2 aromatic heterocycles. The van der Waals surface area contributed by atoms with Gasteiger partial charge in [0.15, 0.2) is 11.5 Å². The number of rotatable bonds is 13. The Bertz CT molecular complexity index is 1240. The first-order valence-corrected chi connectivity index (χ1v) is 16.5. The first-order chi connectivity index (χ1) is 19.5. The van der Waals surface area contributed by atoms with E-state index in [2.05, 4.69) is 25.1 Å². The number of hydrogen-bond acceptors (Lipinski definition) is 10. The average Bonchev–Trinajstić information content (AvgIpc) is 3.58. The third-order valence-electron chi connectivity index (χ3n) is 7.56. The molecule has 2 aromatic rings. The summed E-state index contributed by atoms with van der Waals surface area (Å²) in [6, 6.07) is -0.893. The maximum atomic E-state index is 14.3. The SMILES string of the molecule is CC(Cn1cnc2c(N)ncnc21)OCP(=O)(NC(C)C(=O)OC1CCCC1)NC(C)(C)C(=O)OC1CCCCC1. The molecule has 4 rings (SSSR count). The molecule has 14 heteroatoms. The minimum atomic E-state index is -3.70. The third kappa shape index (κ3) is 8.47. The highest BCUT2D eigenvalue weighted by Gasteiger charge is 2.40. The molecule has 0 aliphatic heterocycles. The zero-order chi connectivity index (χ0) is 29.6. The summed E-state index contributed by atoms with van der Waals surface area (Å²) in [6.45, 7) is 7.02. The van der Waals surface area contributed by atoms with Crippen molar-refractivity contribution in [2.45, 2.75) is 122 Å². The second-order valence-electron chi connectivity index (χ2n) is 11.8. The van der Waals surface area contributed by atoms with E-state index in [1.165, 1.54) is 6.33 Å². The van der Waals surface area contributed by atoms with E-state index in [9.17, 15) is 14.2 Å². The van der Waals surface area contributed by atoms with Gasteiger partial charge in [0.1, 0.15) is 42.0 Å². The van der Waals surface area contributed by atoms with E-state index in [-0.39, 0.29) is 24.4 Å². The van der Waals surface area contributed by atoms with Gasteiger partial charge in [-0.05, 0) is 79.1 Å². The Balaban J connectivity index is 1.44. The fourth-order valence-electron chi connectivity index (χ4n) is 5.31. The number of nitrogens with two attached hydrogens (primary N) is 1. The summed E-state index contributed by atoms with van der Waals surface area (Å²) in [4.78, 5) is 38.5. The lowest BCUT2D eigenvalue weighted by Crippen LogP contribution is -2.51. The number of esters is 2. The van der Waals surface area contributed by atoms with Crippen LogP contribution in [0.2, 0.25) is 0 Å². The van der Waals surface area contributed by atoms with Crippen molar-refractivity contribution in [2.75, 3.05) is 12.1 Å². The van der Waals surface area contributed by atoms with Gasteiger partial charge in [-0.15, -0.1) is 0 Å². The van der Waals surface area contributed by atoms with Gasteiger partial charge >= 0.3 is 11.9 Å². The normalized spacial score (nSPS) is 20.0. The lowest BCUT2D eigenvalue weighted by atomic mass is 9.97. The van der Waals surface area contributed by atoms with Gasteiger partial charge < -0.3 is 24.5 Å². The largest absolute Gasteiger partial charge is 0.461 e. The third-order valence-corrected chi connectivity index (χ3v) is 9.80. The van der Waals surface area contributed by atoms with Gasteiger partial charge in [-0.25, -0.2) is 25.1 Å². The van der Waals surface area contributed by atoms with Gasteiger partial charge in [0.05, 0.1) is 19.0 Å². The average molecular weight is 594 g/mol. The topological polar surface area (TPSA) is 173 Å². The lowest BCUT2D eigenvalue weighted by Gasteiger charge is -2.34. The molecule has 2 saturated carbocycles. The van der Waals surface area contributed by atoms with Crippen LogP contribution in [0.4, 0.5) is 5.82 Å². The van der Waals surface area contributed by atoms with Crippen LogP contribution in [0.25, 0.3) is 11.2 Å². The Kier molecular flexibility index (Phi) is 10.4. The Labute approximate surface area is 241 Å². The highest BCUT2D eigenvalue weighted by atomic mass is 31.2. The molecule has 13 nitrogen and oxygen atoms in total. The fraction of sp³-hybridized carbons (Fsp3) is 0.741. The van der Waals surface area contributed by atoms with Crippen molar-refractivity contribution in [3.05, 3.63) is 12.7 Å². The molecule has 41 heavy (non-hydrogen) atoms. The van der Waals surface area contributed by atoms with Crippen LogP contribution in [0.3, 0.4) is 0 Å². The molecule has 2 aliphatic rings. The minimum Gasteiger partial charge on any atom is -0.461 e. The van der Waals surface area contributed by atoms with Gasteiger partial charge in [-0.2, -0.15) is 0 Å². The number of fused-ring (bicyclic) bond motifs is 1. The maximum absolute atomic E-state index is 14.3. The second kappa shape index (κ2) is 13.6. The number of ether oxygens (including phenoxy) is 3. The van der Waals surface area contributed by atoms with E-state index in [0.29, 0.717) is 17.7 Å². The number of nitrogen functional groups attached to an aromatic ring is 1. The van der Waals surface area contributed by atoms with Crippen molar-refractivity contribution >= 4 is 36.4 Å². The number of aromatic nitrogens is 4. The maximum Gasteiger partial charge on any atom is 0.326 e. The van der Waals surface area contributed by atoms with Crippen molar-refractivity contribution in [2.24, 2.45) is 0 Å². The fourth-order valence-corrected chi connectivity index (χ4v) is 7.71. The van der Waals surface area contributed by atoms with Crippen molar-refractivity contribution in [3.8, 4) is 0 Å². The van der Waals surface area contributed by atoms with Gasteiger partial charge in [0.2, 0.25) is 7.44 Å². The Morgan fingerprint density at radius 2 is 1.68 bits per heavy atom. The molecular formula is C27H44N7O6P. The van der Waals surface area contributed by atoms with Gasteiger partial charge in [-0.3, -0.25) is 14.2 Å². The summed E-state index contributed by atoms with van der Waals surface area (Å²) in [5.74, 6) is -0.708. The molecule has 0 bridgehead atoms. The van der Waals surface area contributed by atoms with Crippen LogP contribution < -0.4 is 15.9 Å². The van der Waals surface area contributed by atoms with Crippen LogP contribution in [-0.4, -0.2) is 67.7 Å². The standard InChI is InChI=1S/C27H44N7O6P/c1-18(14-34-16-31-22-23(28)29-15-30-24(22)34)38-17-41(37,32-19(2)25(35)39-20-12-8-9-13-20)33-27(3,4)26(36)40-21-10-6-5-7-11-21/h15-16,18-21H,5-14,17H2,1-4H3,(H2,28,29,30)(H2,32,33,37). The first-order valence-electron chi connectivity index (χ1n) is 14.6. The molecule has 0 amide bonds. The molecule has 3 atom stereocenters.